The molecule has 0 spiro atoms. The molecule has 2 aromatic carbocycles. The monoisotopic (exact) mass is 428 g/mol. The number of imidazole rings is 1. The predicted octanol–water partition coefficient (Wildman–Crippen LogP) is 5.29. The molecule has 0 unspecified atom stereocenters. The van der Waals surface area contributed by atoms with Gasteiger partial charge < -0.3 is 23.8 Å². The summed E-state index contributed by atoms with van der Waals surface area (Å²) in [5.41, 5.74) is 5.47. The second-order valence-corrected chi connectivity index (χ2v) is 7.43. The third kappa shape index (κ3) is 3.13. The van der Waals surface area contributed by atoms with Crippen LogP contribution in [0.15, 0.2) is 54.9 Å². The number of rotatable bonds is 6. The SMILES string of the molecule is CCn1ccc2ccc(-c3nc4c(-c5cc(OC)c(OC)c(OC)c5)nccc4[nH]3)cc21. The van der Waals surface area contributed by atoms with Crippen molar-refractivity contribution >= 4 is 21.9 Å². The predicted molar refractivity (Wildman–Crippen MR) is 126 cm³/mol. The van der Waals surface area contributed by atoms with Crippen molar-refractivity contribution in [1.82, 2.24) is 19.5 Å². The number of methoxy groups -OCH3 is 3. The van der Waals surface area contributed by atoms with Gasteiger partial charge in [-0.25, -0.2) is 4.98 Å². The van der Waals surface area contributed by atoms with Crippen LogP contribution >= 0.6 is 0 Å². The topological polar surface area (TPSA) is 74.2 Å². The van der Waals surface area contributed by atoms with E-state index in [1.165, 1.54) is 10.9 Å². The van der Waals surface area contributed by atoms with Gasteiger partial charge in [0.05, 0.1) is 32.5 Å². The first-order chi connectivity index (χ1) is 15.7. The maximum absolute atomic E-state index is 5.52. The average molecular weight is 428 g/mol. The first-order valence-corrected chi connectivity index (χ1v) is 10.4. The van der Waals surface area contributed by atoms with Gasteiger partial charge in [0.15, 0.2) is 11.5 Å². The van der Waals surface area contributed by atoms with Crippen molar-refractivity contribution in [1.29, 1.82) is 0 Å². The summed E-state index contributed by atoms with van der Waals surface area (Å²) in [5.74, 6) is 2.48. The third-order valence-corrected chi connectivity index (χ3v) is 5.73. The van der Waals surface area contributed by atoms with E-state index in [4.69, 9.17) is 19.2 Å². The van der Waals surface area contributed by atoms with E-state index in [2.05, 4.69) is 51.9 Å². The molecule has 5 aromatic rings. The summed E-state index contributed by atoms with van der Waals surface area (Å²) in [5, 5.41) is 1.21. The Morgan fingerprint density at radius 2 is 1.69 bits per heavy atom. The number of fused-ring (bicyclic) bond motifs is 2. The highest BCUT2D eigenvalue weighted by atomic mass is 16.5. The lowest BCUT2D eigenvalue weighted by molar-refractivity contribution is 0.324. The Hall–Kier alpha value is -4.00. The Labute approximate surface area is 185 Å². The van der Waals surface area contributed by atoms with Crippen LogP contribution in [-0.4, -0.2) is 40.8 Å². The summed E-state index contributed by atoms with van der Waals surface area (Å²) < 4.78 is 18.7. The molecule has 7 heteroatoms. The van der Waals surface area contributed by atoms with Crippen molar-refractivity contribution in [3.05, 3.63) is 54.9 Å². The Kier molecular flexibility index (Phi) is 4.93. The molecule has 3 aromatic heterocycles. The van der Waals surface area contributed by atoms with Crippen LogP contribution in [0, 0.1) is 0 Å². The number of nitrogens with one attached hydrogen (secondary N) is 1. The normalized spacial score (nSPS) is 11.2. The van der Waals surface area contributed by atoms with Gasteiger partial charge in [-0.2, -0.15) is 0 Å². The zero-order chi connectivity index (χ0) is 22.2. The molecule has 0 fully saturated rings. The van der Waals surface area contributed by atoms with Crippen LogP contribution in [-0.2, 0) is 6.54 Å². The molecular formula is C25H24N4O3. The van der Waals surface area contributed by atoms with Gasteiger partial charge in [-0.05, 0) is 42.6 Å². The summed E-state index contributed by atoms with van der Waals surface area (Å²) in [6.07, 6.45) is 3.88. The summed E-state index contributed by atoms with van der Waals surface area (Å²) in [6, 6.07) is 14.2. The van der Waals surface area contributed by atoms with Crippen molar-refractivity contribution in [3.63, 3.8) is 0 Å². The van der Waals surface area contributed by atoms with Crippen molar-refractivity contribution in [3.8, 4) is 39.9 Å². The highest BCUT2D eigenvalue weighted by Crippen LogP contribution is 2.42. The van der Waals surface area contributed by atoms with E-state index in [9.17, 15) is 0 Å². The minimum atomic E-state index is 0.542. The molecule has 0 aliphatic carbocycles. The fourth-order valence-electron chi connectivity index (χ4n) is 4.11. The van der Waals surface area contributed by atoms with Crippen molar-refractivity contribution < 1.29 is 14.2 Å². The number of hydrogen-bond acceptors (Lipinski definition) is 5. The molecule has 0 saturated carbocycles. The molecule has 0 aliphatic heterocycles. The third-order valence-electron chi connectivity index (χ3n) is 5.73. The second-order valence-electron chi connectivity index (χ2n) is 7.43. The average Bonchev–Trinajstić information content (AvgIpc) is 3.46. The van der Waals surface area contributed by atoms with Gasteiger partial charge in [-0.15, -0.1) is 0 Å². The van der Waals surface area contributed by atoms with Crippen LogP contribution in [0.25, 0.3) is 44.6 Å². The number of hydrogen-bond donors (Lipinski definition) is 1. The van der Waals surface area contributed by atoms with E-state index in [1.807, 2.05) is 18.2 Å². The molecule has 0 aliphatic rings. The lowest BCUT2D eigenvalue weighted by Gasteiger charge is -2.14. The van der Waals surface area contributed by atoms with Gasteiger partial charge in [-0.3, -0.25) is 4.98 Å². The van der Waals surface area contributed by atoms with E-state index in [0.717, 1.165) is 40.2 Å². The summed E-state index contributed by atoms with van der Waals surface area (Å²) in [6.45, 7) is 3.06. The number of pyridine rings is 1. The van der Waals surface area contributed by atoms with Crippen LogP contribution in [0.2, 0.25) is 0 Å². The Morgan fingerprint density at radius 3 is 2.38 bits per heavy atom. The zero-order valence-corrected chi connectivity index (χ0v) is 18.5. The van der Waals surface area contributed by atoms with Gasteiger partial charge in [0, 0.05) is 35.6 Å². The smallest absolute Gasteiger partial charge is 0.203 e. The zero-order valence-electron chi connectivity index (χ0n) is 18.5. The summed E-state index contributed by atoms with van der Waals surface area (Å²) >= 11 is 0. The van der Waals surface area contributed by atoms with Crippen molar-refractivity contribution in [2.75, 3.05) is 21.3 Å². The lowest BCUT2D eigenvalue weighted by Crippen LogP contribution is -1.96. The van der Waals surface area contributed by atoms with E-state index >= 15 is 0 Å². The molecular weight excluding hydrogens is 404 g/mol. The molecule has 0 bridgehead atoms. The van der Waals surface area contributed by atoms with Crippen LogP contribution in [0.1, 0.15) is 6.92 Å². The number of aromatic amines is 1. The van der Waals surface area contributed by atoms with Crippen LogP contribution in [0.5, 0.6) is 17.2 Å². The van der Waals surface area contributed by atoms with Gasteiger partial charge in [0.25, 0.3) is 0 Å². The lowest BCUT2D eigenvalue weighted by atomic mass is 10.1. The Morgan fingerprint density at radius 1 is 0.906 bits per heavy atom. The molecule has 1 N–H and O–H groups in total. The quantitative estimate of drug-likeness (QED) is 0.398. The number of H-pyrrole nitrogens is 1. The van der Waals surface area contributed by atoms with Crippen LogP contribution in [0.4, 0.5) is 0 Å². The Bertz CT molecular complexity index is 1410. The van der Waals surface area contributed by atoms with E-state index in [1.54, 1.807) is 27.5 Å². The molecule has 0 amide bonds. The number of aryl methyl sites for hydroxylation is 1. The number of nitrogens with zero attached hydrogens (tertiary/aromatic N) is 3. The summed E-state index contributed by atoms with van der Waals surface area (Å²) in [7, 11) is 4.79. The van der Waals surface area contributed by atoms with Crippen molar-refractivity contribution in [2.45, 2.75) is 13.5 Å². The molecule has 7 nitrogen and oxygen atoms in total. The van der Waals surface area contributed by atoms with Crippen LogP contribution < -0.4 is 14.2 Å². The molecule has 0 saturated heterocycles. The molecule has 5 rings (SSSR count). The highest BCUT2D eigenvalue weighted by molar-refractivity contribution is 5.93. The molecule has 32 heavy (non-hydrogen) atoms. The summed E-state index contributed by atoms with van der Waals surface area (Å²) in [4.78, 5) is 13.0. The fourth-order valence-corrected chi connectivity index (χ4v) is 4.11. The minimum Gasteiger partial charge on any atom is -0.493 e. The van der Waals surface area contributed by atoms with E-state index < -0.39 is 0 Å². The van der Waals surface area contributed by atoms with Crippen LogP contribution in [0.3, 0.4) is 0 Å². The van der Waals surface area contributed by atoms with Crippen molar-refractivity contribution in [2.24, 2.45) is 0 Å². The molecule has 0 atom stereocenters. The first-order valence-electron chi connectivity index (χ1n) is 10.4. The van der Waals surface area contributed by atoms with Gasteiger partial charge >= 0.3 is 0 Å². The van der Waals surface area contributed by atoms with E-state index in [0.29, 0.717) is 17.2 Å². The highest BCUT2D eigenvalue weighted by Gasteiger charge is 2.18. The minimum absolute atomic E-state index is 0.542. The molecule has 162 valence electrons. The maximum Gasteiger partial charge on any atom is 0.203 e. The van der Waals surface area contributed by atoms with E-state index in [-0.39, 0.29) is 0 Å². The van der Waals surface area contributed by atoms with Gasteiger partial charge in [0.1, 0.15) is 11.3 Å². The molecule has 0 radical (unpaired) electrons. The van der Waals surface area contributed by atoms with Gasteiger partial charge in [-0.1, -0.05) is 12.1 Å². The number of ether oxygens (including phenoxy) is 3. The first kappa shape index (κ1) is 19.9. The number of aromatic nitrogens is 4. The molecule has 3 heterocycles. The Balaban J connectivity index is 1.66. The fraction of sp³-hybridized carbons (Fsp3) is 0.200. The largest absolute Gasteiger partial charge is 0.493 e. The van der Waals surface area contributed by atoms with Gasteiger partial charge in [0.2, 0.25) is 5.75 Å². The second kappa shape index (κ2) is 7.92. The maximum atomic E-state index is 5.52. The standard InChI is InChI=1S/C25H24N4O3/c1-5-29-11-9-15-6-7-16(12-19(15)29)25-27-18-8-10-26-22(23(18)28-25)17-13-20(30-2)24(32-4)21(14-17)31-3/h6-14H,5H2,1-4H3,(H,27,28). The number of benzene rings is 2.